The molecule has 0 aliphatic heterocycles. The maximum atomic E-state index is 12.2. The van der Waals surface area contributed by atoms with Crippen LogP contribution in [0.25, 0.3) is 0 Å². The number of furan rings is 1. The fourth-order valence-corrected chi connectivity index (χ4v) is 2.66. The van der Waals surface area contributed by atoms with Crippen LogP contribution in [0.5, 0.6) is 0 Å². The van der Waals surface area contributed by atoms with Crippen molar-refractivity contribution >= 4 is 12.0 Å². The van der Waals surface area contributed by atoms with Crippen LogP contribution in [0.4, 0.5) is 4.79 Å². The van der Waals surface area contributed by atoms with Crippen molar-refractivity contribution in [2.75, 3.05) is 6.54 Å². The van der Waals surface area contributed by atoms with Gasteiger partial charge in [0.1, 0.15) is 11.9 Å². The third-order valence-electron chi connectivity index (χ3n) is 3.69. The van der Waals surface area contributed by atoms with Gasteiger partial charge in [0.15, 0.2) is 0 Å². The number of nitrogens with one attached hydrogen (secondary N) is 2. The van der Waals surface area contributed by atoms with Gasteiger partial charge in [-0.05, 0) is 39.7 Å². The Hall–Kier alpha value is -1.98. The minimum atomic E-state index is -0.535. The molecule has 6 heteroatoms. The predicted octanol–water partition coefficient (Wildman–Crippen LogP) is 2.85. The van der Waals surface area contributed by atoms with Gasteiger partial charge in [-0.2, -0.15) is 0 Å². The highest BCUT2D eigenvalue weighted by molar-refractivity contribution is 5.94. The van der Waals surface area contributed by atoms with E-state index in [4.69, 9.17) is 9.15 Å². The molecule has 0 saturated heterocycles. The lowest BCUT2D eigenvalue weighted by Crippen LogP contribution is -2.54. The van der Waals surface area contributed by atoms with E-state index >= 15 is 0 Å². The van der Waals surface area contributed by atoms with Crippen molar-refractivity contribution in [1.29, 1.82) is 0 Å². The van der Waals surface area contributed by atoms with Gasteiger partial charge < -0.3 is 19.8 Å². The highest BCUT2D eigenvalue weighted by Gasteiger charge is 2.36. The van der Waals surface area contributed by atoms with Crippen molar-refractivity contribution in [3.63, 3.8) is 0 Å². The van der Waals surface area contributed by atoms with Crippen LogP contribution in [-0.2, 0) is 4.74 Å². The van der Waals surface area contributed by atoms with Crippen molar-refractivity contribution in [2.45, 2.75) is 57.6 Å². The van der Waals surface area contributed by atoms with Crippen molar-refractivity contribution in [2.24, 2.45) is 0 Å². The summed E-state index contributed by atoms with van der Waals surface area (Å²) in [6.45, 7) is 5.82. The number of hydrogen-bond donors (Lipinski definition) is 2. The quantitative estimate of drug-likeness (QED) is 0.896. The summed E-state index contributed by atoms with van der Waals surface area (Å²) in [6.07, 6.45) is 6.16. The first-order valence-corrected chi connectivity index (χ1v) is 7.61. The van der Waals surface area contributed by atoms with Gasteiger partial charge >= 0.3 is 6.09 Å². The van der Waals surface area contributed by atoms with Crippen molar-refractivity contribution in [1.82, 2.24) is 10.6 Å². The SMILES string of the molecule is CC(C)(C)OC(=O)NCC1(NC(=O)c2ccoc2)CCCC1. The van der Waals surface area contributed by atoms with E-state index in [9.17, 15) is 9.59 Å². The van der Waals surface area contributed by atoms with Crippen molar-refractivity contribution in [3.8, 4) is 0 Å². The van der Waals surface area contributed by atoms with E-state index in [1.54, 1.807) is 6.07 Å². The van der Waals surface area contributed by atoms with Crippen LogP contribution in [-0.4, -0.2) is 29.7 Å². The molecule has 22 heavy (non-hydrogen) atoms. The number of alkyl carbamates (subject to hydrolysis) is 1. The van der Waals surface area contributed by atoms with E-state index in [-0.39, 0.29) is 5.91 Å². The van der Waals surface area contributed by atoms with Gasteiger partial charge in [0.05, 0.1) is 17.4 Å². The van der Waals surface area contributed by atoms with Gasteiger partial charge in [0.2, 0.25) is 0 Å². The van der Waals surface area contributed by atoms with E-state index in [2.05, 4.69) is 10.6 Å². The molecule has 0 aromatic carbocycles. The number of amides is 2. The van der Waals surface area contributed by atoms with Crippen molar-refractivity contribution < 1.29 is 18.7 Å². The molecular weight excluding hydrogens is 284 g/mol. The summed E-state index contributed by atoms with van der Waals surface area (Å²) in [5.74, 6) is -0.179. The first kappa shape index (κ1) is 16.4. The summed E-state index contributed by atoms with van der Waals surface area (Å²) in [4.78, 5) is 24.0. The molecule has 1 heterocycles. The summed E-state index contributed by atoms with van der Waals surface area (Å²) in [5.41, 5.74) is -0.457. The molecule has 0 unspecified atom stereocenters. The maximum absolute atomic E-state index is 12.2. The Kier molecular flexibility index (Phi) is 4.78. The summed E-state index contributed by atoms with van der Waals surface area (Å²) >= 11 is 0. The first-order valence-electron chi connectivity index (χ1n) is 7.61. The molecule has 6 nitrogen and oxygen atoms in total. The number of carbonyl (C=O) groups excluding carboxylic acids is 2. The lowest BCUT2D eigenvalue weighted by Gasteiger charge is -2.31. The Morgan fingerprint density at radius 2 is 2.00 bits per heavy atom. The Labute approximate surface area is 130 Å². The summed E-state index contributed by atoms with van der Waals surface area (Å²) < 4.78 is 10.2. The Morgan fingerprint density at radius 3 is 2.55 bits per heavy atom. The van der Waals surface area contributed by atoms with Gasteiger partial charge in [-0.25, -0.2) is 4.79 Å². The molecule has 1 aromatic heterocycles. The van der Waals surface area contributed by atoms with Gasteiger partial charge in [0.25, 0.3) is 5.91 Å². The fourth-order valence-electron chi connectivity index (χ4n) is 2.66. The molecule has 2 rings (SSSR count). The summed E-state index contributed by atoms with van der Waals surface area (Å²) in [7, 11) is 0. The molecule has 2 amide bonds. The van der Waals surface area contributed by atoms with E-state index in [0.29, 0.717) is 12.1 Å². The minimum Gasteiger partial charge on any atom is -0.472 e. The summed E-state index contributed by atoms with van der Waals surface area (Å²) in [6, 6.07) is 1.62. The van der Waals surface area contributed by atoms with Crippen LogP contribution in [0.15, 0.2) is 23.0 Å². The topological polar surface area (TPSA) is 80.6 Å². The van der Waals surface area contributed by atoms with Gasteiger partial charge in [-0.15, -0.1) is 0 Å². The molecule has 1 saturated carbocycles. The molecule has 0 spiro atoms. The Bertz CT molecular complexity index is 511. The molecule has 1 aliphatic rings. The molecule has 1 aliphatic carbocycles. The average molecular weight is 308 g/mol. The fraction of sp³-hybridized carbons (Fsp3) is 0.625. The van der Waals surface area contributed by atoms with Gasteiger partial charge in [0, 0.05) is 6.54 Å². The van der Waals surface area contributed by atoms with Crippen LogP contribution in [0.2, 0.25) is 0 Å². The van der Waals surface area contributed by atoms with E-state index in [1.807, 2.05) is 20.8 Å². The predicted molar refractivity (Wildman–Crippen MR) is 81.6 cm³/mol. The zero-order chi connectivity index (χ0) is 16.2. The number of rotatable bonds is 4. The smallest absolute Gasteiger partial charge is 0.407 e. The average Bonchev–Trinajstić information content (AvgIpc) is 3.06. The summed E-state index contributed by atoms with van der Waals surface area (Å²) in [5, 5.41) is 5.82. The van der Waals surface area contributed by atoms with Crippen LogP contribution < -0.4 is 10.6 Å². The molecule has 2 N–H and O–H groups in total. The maximum Gasteiger partial charge on any atom is 0.407 e. The molecule has 1 aromatic rings. The van der Waals surface area contributed by atoms with Crippen molar-refractivity contribution in [3.05, 3.63) is 24.2 Å². The Morgan fingerprint density at radius 1 is 1.32 bits per heavy atom. The monoisotopic (exact) mass is 308 g/mol. The molecule has 1 fully saturated rings. The second-order valence-corrected chi connectivity index (χ2v) is 6.81. The highest BCUT2D eigenvalue weighted by atomic mass is 16.6. The lowest BCUT2D eigenvalue weighted by molar-refractivity contribution is 0.0504. The standard InChI is InChI=1S/C16H24N2O4/c1-15(2,3)22-14(20)17-11-16(7-4-5-8-16)18-13(19)12-6-9-21-10-12/h6,9-10H,4-5,7-8,11H2,1-3H3,(H,17,20)(H,18,19). The van der Waals surface area contributed by atoms with Gasteiger partial charge in [-0.3, -0.25) is 4.79 Å². The Balaban J connectivity index is 1.94. The third kappa shape index (κ3) is 4.51. The number of carbonyl (C=O) groups is 2. The van der Waals surface area contributed by atoms with E-state index in [0.717, 1.165) is 25.7 Å². The largest absolute Gasteiger partial charge is 0.472 e. The van der Waals surface area contributed by atoms with Crippen LogP contribution in [0.1, 0.15) is 56.8 Å². The van der Waals surface area contributed by atoms with Crippen LogP contribution >= 0.6 is 0 Å². The third-order valence-corrected chi connectivity index (χ3v) is 3.69. The molecule has 122 valence electrons. The zero-order valence-electron chi connectivity index (χ0n) is 13.4. The molecule has 0 atom stereocenters. The minimum absolute atomic E-state index is 0.179. The highest BCUT2D eigenvalue weighted by Crippen LogP contribution is 2.29. The van der Waals surface area contributed by atoms with Crippen LogP contribution in [0, 0.1) is 0 Å². The second kappa shape index (κ2) is 6.42. The van der Waals surface area contributed by atoms with E-state index < -0.39 is 17.2 Å². The first-order chi connectivity index (χ1) is 10.3. The number of ether oxygens (including phenoxy) is 1. The normalized spacial score (nSPS) is 17.0. The number of hydrogen-bond acceptors (Lipinski definition) is 4. The van der Waals surface area contributed by atoms with E-state index in [1.165, 1.54) is 12.5 Å². The molecule has 0 bridgehead atoms. The second-order valence-electron chi connectivity index (χ2n) is 6.81. The van der Waals surface area contributed by atoms with Crippen LogP contribution in [0.3, 0.4) is 0 Å². The zero-order valence-corrected chi connectivity index (χ0v) is 13.4. The lowest BCUT2D eigenvalue weighted by atomic mass is 9.97. The molecular formula is C16H24N2O4. The molecule has 0 radical (unpaired) electrons. The van der Waals surface area contributed by atoms with Gasteiger partial charge in [-0.1, -0.05) is 12.8 Å².